The lowest BCUT2D eigenvalue weighted by molar-refractivity contribution is 0.0946. The Labute approximate surface area is 136 Å². The third kappa shape index (κ3) is 2.60. The number of nitrogens with zero attached hydrogens (tertiary/aromatic N) is 6. The number of hydrogen-bond acceptors (Lipinski definition) is 5. The largest absolute Gasteiger partial charge is 0.346 e. The molecule has 4 rings (SSSR count). The molecule has 1 amide bonds. The topological polar surface area (TPSA) is 90.0 Å². The molecule has 8 nitrogen and oxygen atoms in total. The molecule has 0 saturated heterocycles. The molecule has 0 spiro atoms. The minimum Gasteiger partial charge on any atom is -0.346 e. The lowest BCUT2D eigenvalue weighted by atomic mass is 10.2. The molecule has 0 aromatic carbocycles. The van der Waals surface area contributed by atoms with E-state index in [-0.39, 0.29) is 5.91 Å². The van der Waals surface area contributed by atoms with Crippen LogP contribution in [0.4, 0.5) is 0 Å². The third-order valence-electron chi connectivity index (χ3n) is 3.50. The van der Waals surface area contributed by atoms with Crippen molar-refractivity contribution in [1.29, 1.82) is 0 Å². The van der Waals surface area contributed by atoms with E-state index in [1.54, 1.807) is 52.3 Å². The average Bonchev–Trinajstić information content (AvgIpc) is 3.29. The number of amides is 1. The summed E-state index contributed by atoms with van der Waals surface area (Å²) >= 11 is 0. The maximum absolute atomic E-state index is 12.3. The Bertz CT molecular complexity index is 958. The Morgan fingerprint density at radius 2 is 1.96 bits per heavy atom. The maximum atomic E-state index is 12.3. The van der Waals surface area contributed by atoms with E-state index in [0.29, 0.717) is 23.8 Å². The summed E-state index contributed by atoms with van der Waals surface area (Å²) in [7, 11) is 0. The normalized spacial score (nSPS) is 10.8. The van der Waals surface area contributed by atoms with Gasteiger partial charge in [0.1, 0.15) is 5.69 Å². The lowest BCUT2D eigenvalue weighted by Crippen LogP contribution is -2.24. The Hall–Kier alpha value is -3.55. The van der Waals surface area contributed by atoms with Gasteiger partial charge in [-0.15, -0.1) is 0 Å². The summed E-state index contributed by atoms with van der Waals surface area (Å²) in [5.74, 6) is 0.900. The molecule has 0 bridgehead atoms. The molecular weight excluding hydrogens is 306 g/mol. The van der Waals surface area contributed by atoms with Crippen LogP contribution in [0.25, 0.3) is 11.6 Å². The number of rotatable bonds is 4. The first-order valence-corrected chi connectivity index (χ1v) is 7.33. The Balaban J connectivity index is 1.54. The van der Waals surface area contributed by atoms with Crippen molar-refractivity contribution in [2.45, 2.75) is 6.54 Å². The van der Waals surface area contributed by atoms with Crippen LogP contribution < -0.4 is 5.32 Å². The fourth-order valence-corrected chi connectivity index (χ4v) is 2.37. The van der Waals surface area contributed by atoms with Crippen LogP contribution in [-0.4, -0.2) is 35.0 Å². The summed E-state index contributed by atoms with van der Waals surface area (Å²) < 4.78 is 3.37. The van der Waals surface area contributed by atoms with Gasteiger partial charge in [0.2, 0.25) is 5.78 Å². The predicted octanol–water partition coefficient (Wildman–Crippen LogP) is 1.24. The van der Waals surface area contributed by atoms with Gasteiger partial charge in [-0.3, -0.25) is 9.20 Å². The van der Waals surface area contributed by atoms with Crippen molar-refractivity contribution in [3.05, 3.63) is 72.7 Å². The third-order valence-corrected chi connectivity index (χ3v) is 3.50. The number of carbonyl (C=O) groups excluding carboxylic acids is 1. The van der Waals surface area contributed by atoms with Crippen molar-refractivity contribution >= 4 is 11.7 Å². The Morgan fingerprint density at radius 1 is 1.08 bits per heavy atom. The molecule has 8 heteroatoms. The van der Waals surface area contributed by atoms with Crippen LogP contribution in [0.15, 0.2) is 61.4 Å². The summed E-state index contributed by atoms with van der Waals surface area (Å²) in [4.78, 5) is 25.0. The molecule has 4 heterocycles. The van der Waals surface area contributed by atoms with Crippen LogP contribution in [0.2, 0.25) is 0 Å². The maximum Gasteiger partial charge on any atom is 0.271 e. The molecule has 4 aromatic heterocycles. The summed E-state index contributed by atoms with van der Waals surface area (Å²) in [5, 5.41) is 7.03. The highest BCUT2D eigenvalue weighted by Gasteiger charge is 2.12. The number of hydrogen-bond donors (Lipinski definition) is 1. The Morgan fingerprint density at radius 3 is 2.79 bits per heavy atom. The SMILES string of the molecule is O=C(NCc1cccnc1-n1cccn1)c1cn2cccnc2n1. The van der Waals surface area contributed by atoms with Crippen molar-refractivity contribution < 1.29 is 4.79 Å². The van der Waals surface area contributed by atoms with Gasteiger partial charge < -0.3 is 5.32 Å². The van der Waals surface area contributed by atoms with Crippen LogP contribution in [0.1, 0.15) is 16.1 Å². The lowest BCUT2D eigenvalue weighted by Gasteiger charge is -2.08. The zero-order chi connectivity index (χ0) is 16.4. The fraction of sp³-hybridized carbons (Fsp3) is 0.0625. The number of aromatic nitrogens is 6. The Kier molecular flexibility index (Phi) is 3.47. The molecule has 4 aromatic rings. The number of pyridine rings is 1. The smallest absolute Gasteiger partial charge is 0.271 e. The van der Waals surface area contributed by atoms with Crippen molar-refractivity contribution in [3.8, 4) is 5.82 Å². The zero-order valence-electron chi connectivity index (χ0n) is 12.6. The average molecular weight is 319 g/mol. The highest BCUT2D eigenvalue weighted by molar-refractivity contribution is 5.92. The first kappa shape index (κ1) is 14.1. The van der Waals surface area contributed by atoms with E-state index < -0.39 is 0 Å². The van der Waals surface area contributed by atoms with Crippen LogP contribution in [0.5, 0.6) is 0 Å². The zero-order valence-corrected chi connectivity index (χ0v) is 12.6. The van der Waals surface area contributed by atoms with E-state index in [1.165, 1.54) is 0 Å². The van der Waals surface area contributed by atoms with E-state index in [0.717, 1.165) is 5.56 Å². The molecule has 24 heavy (non-hydrogen) atoms. The van der Waals surface area contributed by atoms with Crippen molar-refractivity contribution in [3.63, 3.8) is 0 Å². The molecule has 1 N–H and O–H groups in total. The fourth-order valence-electron chi connectivity index (χ4n) is 2.37. The van der Waals surface area contributed by atoms with Gasteiger partial charge in [0.15, 0.2) is 5.82 Å². The summed E-state index contributed by atoms with van der Waals surface area (Å²) in [5.41, 5.74) is 1.18. The summed E-state index contributed by atoms with van der Waals surface area (Å²) in [6.07, 6.45) is 10.3. The van der Waals surface area contributed by atoms with Gasteiger partial charge in [0.25, 0.3) is 5.91 Å². The van der Waals surface area contributed by atoms with Crippen LogP contribution in [0.3, 0.4) is 0 Å². The molecule has 0 fully saturated rings. The summed E-state index contributed by atoms with van der Waals surface area (Å²) in [6, 6.07) is 7.32. The van der Waals surface area contributed by atoms with E-state index in [4.69, 9.17) is 0 Å². The molecular formula is C16H13N7O. The van der Waals surface area contributed by atoms with E-state index in [2.05, 4.69) is 25.4 Å². The van der Waals surface area contributed by atoms with Gasteiger partial charge in [-0.25, -0.2) is 19.6 Å². The molecule has 0 radical (unpaired) electrons. The van der Waals surface area contributed by atoms with Gasteiger partial charge in [-0.05, 0) is 18.2 Å². The monoisotopic (exact) mass is 319 g/mol. The quantitative estimate of drug-likeness (QED) is 0.611. The summed E-state index contributed by atoms with van der Waals surface area (Å²) in [6.45, 7) is 0.323. The first-order valence-electron chi connectivity index (χ1n) is 7.33. The first-order chi connectivity index (χ1) is 11.8. The van der Waals surface area contributed by atoms with Gasteiger partial charge in [-0.1, -0.05) is 6.07 Å². The molecule has 0 aliphatic heterocycles. The van der Waals surface area contributed by atoms with Gasteiger partial charge in [0.05, 0.1) is 0 Å². The highest BCUT2D eigenvalue weighted by Crippen LogP contribution is 2.10. The molecule has 0 unspecified atom stereocenters. The number of carbonyl (C=O) groups is 1. The van der Waals surface area contributed by atoms with E-state index >= 15 is 0 Å². The molecule has 0 aliphatic carbocycles. The van der Waals surface area contributed by atoms with E-state index in [1.807, 2.05) is 18.2 Å². The predicted molar refractivity (Wildman–Crippen MR) is 85.5 cm³/mol. The number of imidazole rings is 1. The number of nitrogens with one attached hydrogen (secondary N) is 1. The van der Waals surface area contributed by atoms with Gasteiger partial charge >= 0.3 is 0 Å². The van der Waals surface area contributed by atoms with Crippen molar-refractivity contribution in [2.75, 3.05) is 0 Å². The van der Waals surface area contributed by atoms with Crippen LogP contribution >= 0.6 is 0 Å². The van der Waals surface area contributed by atoms with Gasteiger partial charge in [-0.2, -0.15) is 5.10 Å². The van der Waals surface area contributed by atoms with Crippen LogP contribution in [0, 0.1) is 0 Å². The van der Waals surface area contributed by atoms with Gasteiger partial charge in [0, 0.05) is 49.3 Å². The van der Waals surface area contributed by atoms with Crippen molar-refractivity contribution in [1.82, 2.24) is 34.4 Å². The van der Waals surface area contributed by atoms with Crippen LogP contribution in [-0.2, 0) is 6.54 Å². The highest BCUT2D eigenvalue weighted by atomic mass is 16.1. The minimum absolute atomic E-state index is 0.268. The molecule has 0 atom stereocenters. The molecule has 0 saturated carbocycles. The number of fused-ring (bicyclic) bond motifs is 1. The second-order valence-corrected chi connectivity index (χ2v) is 5.07. The van der Waals surface area contributed by atoms with E-state index in [9.17, 15) is 4.79 Å². The second-order valence-electron chi connectivity index (χ2n) is 5.07. The minimum atomic E-state index is -0.268. The standard InChI is InChI=1S/C16H13N7O/c24-15(13-11-22-8-2-6-18-16(22)21-13)19-10-12-4-1-5-17-14(12)23-9-3-7-20-23/h1-9,11H,10H2,(H,19,24). The van der Waals surface area contributed by atoms with Crippen molar-refractivity contribution in [2.24, 2.45) is 0 Å². The second kappa shape index (κ2) is 5.92. The molecule has 118 valence electrons. The molecule has 0 aliphatic rings.